The van der Waals surface area contributed by atoms with Crippen LogP contribution in [0.4, 0.5) is 0 Å². The van der Waals surface area contributed by atoms with Gasteiger partial charge in [-0.1, -0.05) is 17.2 Å². The molecule has 2 nitrogen and oxygen atoms in total. The molecule has 0 saturated carbocycles. The Morgan fingerprint density at radius 3 is 1.65 bits per heavy atom. The molecule has 0 fully saturated rings. The molecule has 5 heteroatoms. The zero-order valence-electron chi connectivity index (χ0n) is 8.54. The summed E-state index contributed by atoms with van der Waals surface area (Å²) in [6.07, 6.45) is 0. The summed E-state index contributed by atoms with van der Waals surface area (Å²) in [4.78, 5) is 20.5. The van der Waals surface area contributed by atoms with E-state index in [1.165, 1.54) is 0 Å². The molecule has 0 bridgehead atoms. The van der Waals surface area contributed by atoms with Crippen LogP contribution in [-0.2, 0) is 17.1 Å². The standard InChI is InChI=1S/2C6H4ClO.Fe/c2*7-6(8)5-3-1-2-4-5;/h2*1-4H;/q-5;-1;. The second kappa shape index (κ2) is 8.26. The molecule has 0 atom stereocenters. The van der Waals surface area contributed by atoms with Crippen LogP contribution in [0.15, 0.2) is 48.5 Å². The van der Waals surface area contributed by atoms with Gasteiger partial charge in [0.2, 0.25) is 0 Å². The van der Waals surface area contributed by atoms with Crippen LogP contribution < -0.4 is 0 Å². The third-order valence-electron chi connectivity index (χ3n) is 1.78. The van der Waals surface area contributed by atoms with Crippen molar-refractivity contribution in [2.24, 2.45) is 0 Å². The fourth-order valence-corrected chi connectivity index (χ4v) is 1.26. The molecule has 0 amide bonds. The van der Waals surface area contributed by atoms with Crippen molar-refractivity contribution in [2.45, 2.75) is 0 Å². The van der Waals surface area contributed by atoms with Crippen molar-refractivity contribution in [1.29, 1.82) is 0 Å². The first-order chi connectivity index (χ1) is 7.61. The van der Waals surface area contributed by atoms with Gasteiger partial charge in [-0.3, -0.25) is 16.4 Å². The molecule has 0 saturated heterocycles. The molecule has 0 aliphatic carbocycles. The first-order valence-electron chi connectivity index (χ1n) is 4.44. The third-order valence-corrected chi connectivity index (χ3v) is 2.22. The van der Waals surface area contributed by atoms with E-state index in [0.717, 1.165) is 0 Å². The molecule has 2 aromatic rings. The fraction of sp³-hybridized carbons (Fsp3) is 0. The molecule has 17 heavy (non-hydrogen) atoms. The average Bonchev–Trinajstić information content (AvgIpc) is 2.93. The Morgan fingerprint density at radius 1 is 0.941 bits per heavy atom. The van der Waals surface area contributed by atoms with Crippen molar-refractivity contribution in [1.82, 2.24) is 0 Å². The summed E-state index contributed by atoms with van der Waals surface area (Å²) in [5, 5.41) is -0.787. The summed E-state index contributed by atoms with van der Waals surface area (Å²) in [5.74, 6) is 0. The van der Waals surface area contributed by atoms with Gasteiger partial charge in [0.15, 0.2) is 5.24 Å². The van der Waals surface area contributed by atoms with Crippen molar-refractivity contribution >= 4 is 33.7 Å². The molecule has 0 aromatic heterocycles. The average molecular weight is 311 g/mol. The second-order valence-corrected chi connectivity index (χ2v) is 3.58. The number of carbonyl (C=O) groups excluding carboxylic acids is 2. The van der Waals surface area contributed by atoms with E-state index in [1.807, 2.05) is 0 Å². The van der Waals surface area contributed by atoms with Crippen molar-refractivity contribution < 1.29 is 26.7 Å². The topological polar surface area (TPSA) is 34.1 Å². The molecule has 0 N–H and O–H groups in total. The Morgan fingerprint density at radius 2 is 1.41 bits per heavy atom. The van der Waals surface area contributed by atoms with E-state index in [0.29, 0.717) is 11.1 Å². The van der Waals surface area contributed by atoms with Crippen molar-refractivity contribution in [3.63, 3.8) is 0 Å². The predicted octanol–water partition coefficient (Wildman–Crippen LogP) is 3.57. The van der Waals surface area contributed by atoms with Gasteiger partial charge >= 0.3 is 0 Å². The van der Waals surface area contributed by atoms with Crippen LogP contribution in [0, 0.1) is 0 Å². The fourth-order valence-electron chi connectivity index (χ4n) is 1.01. The zero-order chi connectivity index (χ0) is 12.0. The Balaban J connectivity index is 0.000000284. The van der Waals surface area contributed by atoms with Crippen molar-refractivity contribution in [3.05, 3.63) is 59.7 Å². The molecule has 0 radical (unpaired) electrons. The molecule has 0 unspecified atom stereocenters. The Hall–Kier alpha value is -0.861. The molecule has 0 aliphatic rings. The quantitative estimate of drug-likeness (QED) is 0.483. The van der Waals surface area contributed by atoms with Gasteiger partial charge in [-0.15, -0.1) is 0 Å². The predicted molar refractivity (Wildman–Crippen MR) is 64.4 cm³/mol. The minimum atomic E-state index is -0.394. The summed E-state index contributed by atoms with van der Waals surface area (Å²) in [7, 11) is 0. The van der Waals surface area contributed by atoms with Gasteiger partial charge in [0.05, 0.1) is 0 Å². The van der Waals surface area contributed by atoms with E-state index in [4.69, 9.17) is 23.2 Å². The first-order valence-corrected chi connectivity index (χ1v) is 5.20. The molecule has 0 spiro atoms. The number of rotatable bonds is 2. The monoisotopic (exact) mass is 310 g/mol. The van der Waals surface area contributed by atoms with Crippen molar-refractivity contribution in [3.8, 4) is 0 Å². The van der Waals surface area contributed by atoms with Crippen LogP contribution in [0.3, 0.4) is 0 Å². The molecule has 0 aliphatic heterocycles. The smallest absolute Gasteiger partial charge is 0.197 e. The molecule has 96 valence electrons. The third kappa shape index (κ3) is 5.85. The summed E-state index contributed by atoms with van der Waals surface area (Å²) in [6.45, 7) is 0. The minimum absolute atomic E-state index is 0. The van der Waals surface area contributed by atoms with Crippen LogP contribution >= 0.6 is 23.2 Å². The largest absolute Gasteiger partial charge is 0.703 e. The Bertz CT molecular complexity index is 403. The maximum absolute atomic E-state index is 10.3. The molecule has 0 heterocycles. The number of halogens is 2. The molecular formula is C12H8Cl2FeO2-6. The maximum Gasteiger partial charge on any atom is 0.197 e. The van der Waals surface area contributed by atoms with Gasteiger partial charge in [0.1, 0.15) is 0 Å². The van der Waals surface area contributed by atoms with E-state index >= 15 is 0 Å². The van der Waals surface area contributed by atoms with Gasteiger partial charge in [-0.2, -0.15) is 17.4 Å². The molecule has 2 rings (SSSR count). The molecule has 2 aromatic carbocycles. The number of carbonyl (C=O) groups is 2. The van der Waals surface area contributed by atoms with Gasteiger partial charge in [-0.05, 0) is 0 Å². The normalized spacial score (nSPS) is 8.59. The zero-order valence-corrected chi connectivity index (χ0v) is 11.2. The van der Waals surface area contributed by atoms with Crippen LogP contribution in [0.5, 0.6) is 0 Å². The summed E-state index contributed by atoms with van der Waals surface area (Å²) in [6, 6.07) is 13.8. The van der Waals surface area contributed by atoms with Gasteiger partial charge in [0.25, 0.3) is 0 Å². The van der Waals surface area contributed by atoms with Gasteiger partial charge < -0.3 is 34.6 Å². The summed E-state index contributed by atoms with van der Waals surface area (Å²) < 4.78 is 0. The van der Waals surface area contributed by atoms with E-state index in [9.17, 15) is 9.59 Å². The Kier molecular flexibility index (Phi) is 7.84. The van der Waals surface area contributed by atoms with Crippen LogP contribution in [-0.4, -0.2) is 10.5 Å². The summed E-state index contributed by atoms with van der Waals surface area (Å²) >= 11 is 10.2. The second-order valence-electron chi connectivity index (χ2n) is 2.89. The molecular weight excluding hydrogens is 303 g/mol. The van der Waals surface area contributed by atoms with E-state index in [2.05, 4.69) is 0 Å². The van der Waals surface area contributed by atoms with E-state index in [-0.39, 0.29) is 17.1 Å². The van der Waals surface area contributed by atoms with Crippen LogP contribution in [0.25, 0.3) is 0 Å². The Labute approximate surface area is 120 Å². The van der Waals surface area contributed by atoms with Crippen LogP contribution in [0.2, 0.25) is 0 Å². The van der Waals surface area contributed by atoms with E-state index in [1.54, 1.807) is 48.5 Å². The van der Waals surface area contributed by atoms with Crippen molar-refractivity contribution in [2.75, 3.05) is 0 Å². The SMILES string of the molecule is O=C(Cl)[c-]1[cH-][cH-][cH-][cH-]1.O=C(Cl)[c-]1cccc1.[Fe]. The number of hydrogen-bond donors (Lipinski definition) is 0. The van der Waals surface area contributed by atoms with Crippen LogP contribution in [0.1, 0.15) is 20.7 Å². The number of hydrogen-bond acceptors (Lipinski definition) is 2. The first kappa shape index (κ1) is 16.1. The maximum atomic E-state index is 10.3. The summed E-state index contributed by atoms with van der Waals surface area (Å²) in [5.41, 5.74) is 1.12. The van der Waals surface area contributed by atoms with E-state index < -0.39 is 10.5 Å². The van der Waals surface area contributed by atoms with Gasteiger partial charge in [0, 0.05) is 17.1 Å². The van der Waals surface area contributed by atoms with Gasteiger partial charge in [-0.25, -0.2) is 12.1 Å². The minimum Gasteiger partial charge on any atom is -0.703 e.